The maximum atomic E-state index is 12.5. The molecule has 4 nitrogen and oxygen atoms in total. The topological polar surface area (TPSA) is 47.3 Å². The smallest absolute Gasteiger partial charge is 0.266 e. The van der Waals surface area contributed by atoms with Gasteiger partial charge in [-0.25, -0.2) is 0 Å². The average molecular weight is 410 g/mol. The van der Waals surface area contributed by atoms with Crippen LogP contribution in [0.2, 0.25) is 0 Å². The van der Waals surface area contributed by atoms with Crippen LogP contribution in [0.4, 0.5) is 0 Å². The number of rotatable bonds is 3. The predicted molar refractivity (Wildman–Crippen MR) is 105 cm³/mol. The number of hydrogen-bond donors (Lipinski definition) is 0. The number of benzene rings is 2. The van der Waals surface area contributed by atoms with E-state index in [9.17, 15) is 4.79 Å². The van der Waals surface area contributed by atoms with E-state index in [4.69, 9.17) is 0 Å². The number of hydrogen-bond acceptors (Lipinski definition) is 4. The van der Waals surface area contributed by atoms with Crippen molar-refractivity contribution in [1.82, 2.24) is 14.6 Å². The fourth-order valence-electron chi connectivity index (χ4n) is 2.36. The number of thiazole rings is 1. The van der Waals surface area contributed by atoms with E-state index in [1.165, 1.54) is 15.9 Å². The molecule has 0 bridgehead atoms. The summed E-state index contributed by atoms with van der Waals surface area (Å²) in [7, 11) is 0. The van der Waals surface area contributed by atoms with Crippen LogP contribution in [0.25, 0.3) is 23.2 Å². The minimum Gasteiger partial charge on any atom is -0.266 e. The van der Waals surface area contributed by atoms with E-state index in [0.717, 1.165) is 15.6 Å². The summed E-state index contributed by atoms with van der Waals surface area (Å²) in [5.41, 5.74) is 1.89. The first-order valence-electron chi connectivity index (χ1n) is 7.59. The van der Waals surface area contributed by atoms with Gasteiger partial charge in [-0.15, -0.1) is 5.10 Å². The largest absolute Gasteiger partial charge is 0.291 e. The van der Waals surface area contributed by atoms with Crippen LogP contribution in [0.15, 0.2) is 63.9 Å². The van der Waals surface area contributed by atoms with Crippen molar-refractivity contribution in [3.05, 3.63) is 90.9 Å². The summed E-state index contributed by atoms with van der Waals surface area (Å²) in [6.07, 6.45) is 5.60. The van der Waals surface area contributed by atoms with Gasteiger partial charge < -0.3 is 0 Å². The molecule has 0 fully saturated rings. The summed E-state index contributed by atoms with van der Waals surface area (Å²) in [6, 6.07) is 17.7. The SMILES string of the molecule is O=c1/c(=C/c2ccc(Br)cc2)sc2nc(/C=C/c3ccccc3)nn12. The quantitative estimate of drug-likeness (QED) is 0.518. The lowest BCUT2D eigenvalue weighted by atomic mass is 10.2. The summed E-state index contributed by atoms with van der Waals surface area (Å²) in [5.74, 6) is 0.530. The van der Waals surface area contributed by atoms with Gasteiger partial charge in [-0.3, -0.25) is 4.79 Å². The lowest BCUT2D eigenvalue weighted by molar-refractivity contribution is 0.925. The first kappa shape index (κ1) is 15.9. The zero-order chi connectivity index (χ0) is 17.2. The molecular weight excluding hydrogens is 398 g/mol. The fourth-order valence-corrected chi connectivity index (χ4v) is 3.54. The van der Waals surface area contributed by atoms with E-state index < -0.39 is 0 Å². The van der Waals surface area contributed by atoms with Crippen LogP contribution >= 0.6 is 27.3 Å². The molecule has 0 atom stereocenters. The summed E-state index contributed by atoms with van der Waals surface area (Å²) in [6.45, 7) is 0. The van der Waals surface area contributed by atoms with Crippen LogP contribution in [0.3, 0.4) is 0 Å². The molecule has 0 saturated carbocycles. The van der Waals surface area contributed by atoms with Crippen LogP contribution in [0.1, 0.15) is 17.0 Å². The van der Waals surface area contributed by atoms with Gasteiger partial charge in [0.25, 0.3) is 5.56 Å². The minimum atomic E-state index is -0.144. The molecule has 0 unspecified atom stereocenters. The second kappa shape index (κ2) is 6.74. The molecule has 0 radical (unpaired) electrons. The molecule has 0 N–H and O–H groups in total. The Morgan fingerprint density at radius 3 is 2.44 bits per heavy atom. The molecule has 0 aliphatic carbocycles. The van der Waals surface area contributed by atoms with Gasteiger partial charge in [-0.2, -0.15) is 9.50 Å². The lowest BCUT2D eigenvalue weighted by Crippen LogP contribution is -2.23. The third kappa shape index (κ3) is 3.45. The summed E-state index contributed by atoms with van der Waals surface area (Å²) in [5, 5.41) is 4.29. The van der Waals surface area contributed by atoms with E-state index in [2.05, 4.69) is 26.0 Å². The number of halogens is 1. The molecule has 0 aliphatic rings. The van der Waals surface area contributed by atoms with Gasteiger partial charge in [0.2, 0.25) is 4.96 Å². The Bertz CT molecular complexity index is 1160. The second-order valence-corrected chi connectivity index (χ2v) is 7.30. The van der Waals surface area contributed by atoms with Crippen molar-refractivity contribution in [2.45, 2.75) is 0 Å². The highest BCUT2D eigenvalue weighted by molar-refractivity contribution is 9.10. The lowest BCUT2D eigenvalue weighted by Gasteiger charge is -1.91. The zero-order valence-corrected chi connectivity index (χ0v) is 15.4. The second-order valence-electron chi connectivity index (χ2n) is 5.38. The van der Waals surface area contributed by atoms with Gasteiger partial charge in [-0.05, 0) is 35.4 Å². The van der Waals surface area contributed by atoms with Crippen molar-refractivity contribution < 1.29 is 0 Å². The van der Waals surface area contributed by atoms with Crippen LogP contribution in [0, 0.1) is 0 Å². The third-order valence-corrected chi connectivity index (χ3v) is 5.08. The Morgan fingerprint density at radius 1 is 0.960 bits per heavy atom. The molecule has 0 aliphatic heterocycles. The Labute approximate surface area is 155 Å². The Hall–Kier alpha value is -2.57. The molecule has 25 heavy (non-hydrogen) atoms. The molecule has 0 saturated heterocycles. The van der Waals surface area contributed by atoms with E-state index in [0.29, 0.717) is 15.3 Å². The first-order chi connectivity index (χ1) is 12.2. The maximum Gasteiger partial charge on any atom is 0.291 e. The zero-order valence-electron chi connectivity index (χ0n) is 13.0. The van der Waals surface area contributed by atoms with E-state index >= 15 is 0 Å². The van der Waals surface area contributed by atoms with Crippen LogP contribution in [0.5, 0.6) is 0 Å². The number of aromatic nitrogens is 3. The molecule has 122 valence electrons. The van der Waals surface area contributed by atoms with Gasteiger partial charge in [-0.1, -0.05) is 75.8 Å². The van der Waals surface area contributed by atoms with Crippen LogP contribution < -0.4 is 10.1 Å². The Kier molecular flexibility index (Phi) is 4.29. The minimum absolute atomic E-state index is 0.144. The van der Waals surface area contributed by atoms with E-state index in [-0.39, 0.29) is 5.56 Å². The van der Waals surface area contributed by atoms with E-state index in [1.54, 1.807) is 0 Å². The third-order valence-electron chi connectivity index (χ3n) is 3.59. The Balaban J connectivity index is 1.68. The molecule has 4 aromatic rings. The molecular formula is C19H12BrN3OS. The summed E-state index contributed by atoms with van der Waals surface area (Å²) >= 11 is 4.74. The van der Waals surface area contributed by atoms with Crippen molar-refractivity contribution in [2.75, 3.05) is 0 Å². The van der Waals surface area contributed by atoms with Gasteiger partial charge >= 0.3 is 0 Å². The molecule has 2 aromatic carbocycles. The van der Waals surface area contributed by atoms with Crippen LogP contribution in [-0.2, 0) is 0 Å². The molecule has 2 aromatic heterocycles. The van der Waals surface area contributed by atoms with Gasteiger partial charge in [0, 0.05) is 4.47 Å². The van der Waals surface area contributed by atoms with Crippen molar-refractivity contribution >= 4 is 50.5 Å². The van der Waals surface area contributed by atoms with Gasteiger partial charge in [0.15, 0.2) is 5.82 Å². The van der Waals surface area contributed by atoms with Crippen molar-refractivity contribution in [3.63, 3.8) is 0 Å². The molecule has 6 heteroatoms. The van der Waals surface area contributed by atoms with E-state index in [1.807, 2.05) is 72.8 Å². The molecule has 2 heterocycles. The van der Waals surface area contributed by atoms with Crippen molar-refractivity contribution in [2.24, 2.45) is 0 Å². The predicted octanol–water partition coefficient (Wildman–Crippen LogP) is 3.63. The summed E-state index contributed by atoms with van der Waals surface area (Å²) < 4.78 is 2.99. The molecule has 4 rings (SSSR count). The number of fused-ring (bicyclic) bond motifs is 1. The average Bonchev–Trinajstić information content (AvgIpc) is 3.15. The normalized spacial score (nSPS) is 12.4. The van der Waals surface area contributed by atoms with Crippen molar-refractivity contribution in [1.29, 1.82) is 0 Å². The highest BCUT2D eigenvalue weighted by Gasteiger charge is 2.08. The van der Waals surface area contributed by atoms with Crippen molar-refractivity contribution in [3.8, 4) is 0 Å². The Morgan fingerprint density at radius 2 is 1.72 bits per heavy atom. The first-order valence-corrected chi connectivity index (χ1v) is 9.20. The number of nitrogens with zero attached hydrogens (tertiary/aromatic N) is 3. The highest BCUT2D eigenvalue weighted by Crippen LogP contribution is 2.11. The van der Waals surface area contributed by atoms with Crippen LogP contribution in [-0.4, -0.2) is 14.6 Å². The van der Waals surface area contributed by atoms with Gasteiger partial charge in [0.05, 0.1) is 4.53 Å². The highest BCUT2D eigenvalue weighted by atomic mass is 79.9. The standard InChI is InChI=1S/C19H12BrN3OS/c20-15-9-6-14(7-10-15)12-16-18(24)23-19(25-16)21-17(22-23)11-8-13-4-2-1-3-5-13/h1-12H/b11-8+,16-12-. The molecule has 0 amide bonds. The molecule has 0 spiro atoms. The summed E-state index contributed by atoms with van der Waals surface area (Å²) in [4.78, 5) is 17.5. The monoisotopic (exact) mass is 409 g/mol. The maximum absolute atomic E-state index is 12.5. The van der Waals surface area contributed by atoms with Gasteiger partial charge in [0.1, 0.15) is 0 Å². The fraction of sp³-hybridized carbons (Fsp3) is 0.